The lowest BCUT2D eigenvalue weighted by molar-refractivity contribution is -0.177. The summed E-state index contributed by atoms with van der Waals surface area (Å²) in [4.78, 5) is 22.8. The van der Waals surface area contributed by atoms with Gasteiger partial charge in [0.15, 0.2) is 6.29 Å². The Morgan fingerprint density at radius 3 is 2.64 bits per heavy atom. The lowest BCUT2D eigenvalue weighted by atomic mass is 10.1. The monoisotopic (exact) mass is 363 g/mol. The number of unbranched alkanes of at least 4 members (excludes halogenated alkanes) is 1. The molecule has 0 spiro atoms. The minimum Gasteiger partial charge on any atom is -0.385 e. The Balaban J connectivity index is 2.65. The minimum absolute atomic E-state index is 0.0591. The molecule has 2 N–H and O–H groups in total. The van der Waals surface area contributed by atoms with Gasteiger partial charge in [0.1, 0.15) is 24.4 Å². The molecule has 10 nitrogen and oxygen atoms in total. The third kappa shape index (κ3) is 5.86. The van der Waals surface area contributed by atoms with Crippen molar-refractivity contribution in [1.29, 1.82) is 0 Å². The maximum atomic E-state index is 12.0. The Labute approximate surface area is 147 Å². The van der Waals surface area contributed by atoms with Crippen LogP contribution in [0.3, 0.4) is 0 Å². The van der Waals surface area contributed by atoms with Crippen LogP contribution in [0, 0.1) is 4.91 Å². The second kappa shape index (κ2) is 11.3. The molecule has 25 heavy (non-hydrogen) atoms. The van der Waals surface area contributed by atoms with E-state index in [-0.39, 0.29) is 13.1 Å². The molecule has 1 fully saturated rings. The van der Waals surface area contributed by atoms with Gasteiger partial charge in [0.25, 0.3) is 0 Å². The summed E-state index contributed by atoms with van der Waals surface area (Å²) in [6, 6.07) is -0.612. The molecule has 2 amide bonds. The van der Waals surface area contributed by atoms with Crippen LogP contribution in [0.25, 0.3) is 0 Å². The Morgan fingerprint density at radius 2 is 2.12 bits per heavy atom. The fourth-order valence-electron chi connectivity index (χ4n) is 2.64. The molecule has 0 saturated carbocycles. The summed E-state index contributed by atoms with van der Waals surface area (Å²) in [5.41, 5.74) is 0. The summed E-state index contributed by atoms with van der Waals surface area (Å²) < 4.78 is 21.7. The van der Waals surface area contributed by atoms with Crippen LogP contribution < -0.4 is 5.32 Å². The van der Waals surface area contributed by atoms with Gasteiger partial charge >= 0.3 is 6.03 Å². The number of hydrogen-bond acceptors (Lipinski definition) is 8. The van der Waals surface area contributed by atoms with E-state index in [0.29, 0.717) is 13.0 Å². The number of nitrogens with zero attached hydrogens (tertiary/aromatic N) is 2. The summed E-state index contributed by atoms with van der Waals surface area (Å²) in [5, 5.41) is 16.4. The zero-order valence-corrected chi connectivity index (χ0v) is 15.2. The second-order valence-corrected chi connectivity index (χ2v) is 5.63. The van der Waals surface area contributed by atoms with Crippen LogP contribution in [-0.2, 0) is 18.9 Å². The highest BCUT2D eigenvalue weighted by Crippen LogP contribution is 2.27. The highest BCUT2D eigenvalue weighted by molar-refractivity contribution is 5.73. The largest absolute Gasteiger partial charge is 0.385 e. The maximum absolute atomic E-state index is 12.0. The number of hydrogen-bond donors (Lipinski definition) is 2. The molecule has 1 rings (SSSR count). The summed E-state index contributed by atoms with van der Waals surface area (Å²) in [5.74, 6) is 0. The van der Waals surface area contributed by atoms with Crippen LogP contribution in [0.15, 0.2) is 5.29 Å². The number of methoxy groups -OCH3 is 2. The van der Waals surface area contributed by atoms with Crippen molar-refractivity contribution in [3.63, 3.8) is 0 Å². The molecule has 1 heterocycles. The molecule has 0 aromatic rings. The van der Waals surface area contributed by atoms with E-state index in [9.17, 15) is 14.8 Å². The number of nitroso groups, excluding NO2 is 1. The number of carbonyl (C=O) groups is 1. The molecular weight excluding hydrogens is 334 g/mol. The number of rotatable bonds is 11. The molecule has 1 aliphatic rings. The van der Waals surface area contributed by atoms with Crippen molar-refractivity contribution in [2.75, 3.05) is 33.9 Å². The van der Waals surface area contributed by atoms with E-state index in [1.807, 2.05) is 6.92 Å². The molecular formula is C15H29N3O7. The lowest BCUT2D eigenvalue weighted by Crippen LogP contribution is -2.48. The molecule has 1 unspecified atom stereocenters. The zero-order valence-electron chi connectivity index (χ0n) is 15.2. The van der Waals surface area contributed by atoms with Gasteiger partial charge in [-0.2, -0.15) is 5.01 Å². The van der Waals surface area contributed by atoms with E-state index < -0.39 is 36.7 Å². The molecule has 5 atom stereocenters. The van der Waals surface area contributed by atoms with E-state index in [4.69, 9.17) is 18.9 Å². The minimum atomic E-state index is -0.971. The van der Waals surface area contributed by atoms with Crippen LogP contribution >= 0.6 is 0 Å². The van der Waals surface area contributed by atoms with E-state index >= 15 is 0 Å². The van der Waals surface area contributed by atoms with Gasteiger partial charge in [-0.05, 0) is 13.3 Å². The first-order valence-electron chi connectivity index (χ1n) is 8.43. The first-order valence-corrected chi connectivity index (χ1v) is 8.43. The summed E-state index contributed by atoms with van der Waals surface area (Å²) in [6.45, 7) is 4.41. The zero-order chi connectivity index (χ0) is 18.8. The number of urea groups is 1. The SMILES string of the molecule is CCCCN(N=O)C(=O)NC[C@@H](OC)[C@H]1OC(OCC)[C@H](O)[C@H]1OC. The molecule has 0 aliphatic carbocycles. The third-order valence-corrected chi connectivity index (χ3v) is 4.01. The number of nitrogens with one attached hydrogen (secondary N) is 1. The van der Waals surface area contributed by atoms with E-state index in [1.54, 1.807) is 6.92 Å². The normalized spacial score (nSPS) is 27.1. The Hall–Kier alpha value is -1.33. The third-order valence-electron chi connectivity index (χ3n) is 4.01. The molecule has 10 heteroatoms. The van der Waals surface area contributed by atoms with Crippen LogP contribution in [-0.4, -0.2) is 80.8 Å². The number of aliphatic hydroxyl groups excluding tert-OH is 1. The average molecular weight is 363 g/mol. The van der Waals surface area contributed by atoms with Crippen LogP contribution in [0.1, 0.15) is 26.7 Å². The molecule has 1 saturated heterocycles. The fourth-order valence-corrected chi connectivity index (χ4v) is 2.64. The average Bonchev–Trinajstić information content (AvgIpc) is 2.92. The van der Waals surface area contributed by atoms with Crippen molar-refractivity contribution in [2.45, 2.75) is 57.4 Å². The predicted molar refractivity (Wildman–Crippen MR) is 88.7 cm³/mol. The van der Waals surface area contributed by atoms with Crippen molar-refractivity contribution in [3.8, 4) is 0 Å². The van der Waals surface area contributed by atoms with Gasteiger partial charge in [-0.3, -0.25) is 0 Å². The van der Waals surface area contributed by atoms with Gasteiger partial charge in [-0.25, -0.2) is 4.79 Å². The molecule has 0 bridgehead atoms. The van der Waals surface area contributed by atoms with Crippen LogP contribution in [0.5, 0.6) is 0 Å². The van der Waals surface area contributed by atoms with Crippen molar-refractivity contribution in [3.05, 3.63) is 4.91 Å². The lowest BCUT2D eigenvalue weighted by Gasteiger charge is -2.26. The van der Waals surface area contributed by atoms with Crippen LogP contribution in [0.4, 0.5) is 4.79 Å². The quantitative estimate of drug-likeness (QED) is 0.408. The predicted octanol–water partition coefficient (Wildman–Crippen LogP) is 0.632. The first kappa shape index (κ1) is 21.7. The molecule has 0 radical (unpaired) electrons. The summed E-state index contributed by atoms with van der Waals surface area (Å²) in [7, 11) is 2.91. The van der Waals surface area contributed by atoms with Crippen molar-refractivity contribution in [1.82, 2.24) is 10.3 Å². The number of carbonyl (C=O) groups excluding carboxylic acids is 1. The number of ether oxygens (including phenoxy) is 4. The Morgan fingerprint density at radius 1 is 1.40 bits per heavy atom. The first-order chi connectivity index (χ1) is 12.0. The van der Waals surface area contributed by atoms with Crippen LogP contribution in [0.2, 0.25) is 0 Å². The Kier molecular flexibility index (Phi) is 9.83. The smallest absolute Gasteiger partial charge is 0.340 e. The van der Waals surface area contributed by atoms with Gasteiger partial charge in [-0.15, -0.1) is 4.91 Å². The van der Waals surface area contributed by atoms with E-state index in [2.05, 4.69) is 10.6 Å². The summed E-state index contributed by atoms with van der Waals surface area (Å²) >= 11 is 0. The highest BCUT2D eigenvalue weighted by Gasteiger charge is 2.48. The Bertz CT molecular complexity index is 413. The number of amides is 2. The van der Waals surface area contributed by atoms with Crippen molar-refractivity contribution >= 4 is 6.03 Å². The summed E-state index contributed by atoms with van der Waals surface area (Å²) in [6.07, 6.45) is -2.20. The molecule has 0 aromatic heterocycles. The van der Waals surface area contributed by atoms with Gasteiger partial charge in [0.2, 0.25) is 0 Å². The van der Waals surface area contributed by atoms with Crippen molar-refractivity contribution in [2.24, 2.45) is 5.29 Å². The fraction of sp³-hybridized carbons (Fsp3) is 0.933. The van der Waals surface area contributed by atoms with E-state index in [1.165, 1.54) is 14.2 Å². The standard InChI is InChI=1S/C15H29N3O7/c1-5-7-8-18(17-21)15(20)16-9-10(22-3)12-13(23-4)11(19)14(25-12)24-6-2/h10-14,19H,5-9H2,1-4H3,(H,16,20)/t10-,11-,12-,13-,14?/m1/s1. The molecule has 1 aliphatic heterocycles. The molecule has 146 valence electrons. The van der Waals surface area contributed by atoms with Gasteiger partial charge < -0.3 is 29.4 Å². The maximum Gasteiger partial charge on any atom is 0.340 e. The second-order valence-electron chi connectivity index (χ2n) is 5.63. The van der Waals surface area contributed by atoms with Gasteiger partial charge in [0.05, 0.1) is 5.29 Å². The van der Waals surface area contributed by atoms with Gasteiger partial charge in [-0.1, -0.05) is 13.3 Å². The highest BCUT2D eigenvalue weighted by atomic mass is 16.7. The van der Waals surface area contributed by atoms with E-state index in [0.717, 1.165) is 11.4 Å². The van der Waals surface area contributed by atoms with Gasteiger partial charge in [0, 0.05) is 33.9 Å². The molecule has 0 aromatic carbocycles. The topological polar surface area (TPSA) is 119 Å². The van der Waals surface area contributed by atoms with Crippen molar-refractivity contribution < 1.29 is 28.8 Å². The number of aliphatic hydroxyl groups is 1.